The summed E-state index contributed by atoms with van der Waals surface area (Å²) < 4.78 is 0. The van der Waals surface area contributed by atoms with Gasteiger partial charge in [-0.2, -0.15) is 0 Å². The number of hydrogen-bond acceptors (Lipinski definition) is 6. The molecule has 2 unspecified atom stereocenters. The van der Waals surface area contributed by atoms with Crippen molar-refractivity contribution >= 4 is 49.7 Å². The fraction of sp³-hybridized carbons (Fsp3) is 0.960. The third-order valence-corrected chi connectivity index (χ3v) is 11.8. The zero-order chi connectivity index (χ0) is 41.7. The second-order valence-corrected chi connectivity index (χ2v) is 17.3. The van der Waals surface area contributed by atoms with Crippen LogP contribution in [0.4, 0.5) is 0 Å². The topological polar surface area (TPSA) is 86.7 Å². The van der Waals surface area contributed by atoms with Crippen LogP contribution in [0.3, 0.4) is 0 Å². The van der Waals surface area contributed by atoms with Crippen molar-refractivity contribution < 1.29 is 19.8 Å². The molecule has 0 rings (SSSR count). The summed E-state index contributed by atoms with van der Waals surface area (Å²) in [6.45, 7) is 18.1. The fourth-order valence-electron chi connectivity index (χ4n) is 8.30. The van der Waals surface area contributed by atoms with Crippen LogP contribution in [0, 0.1) is 0 Å². The molecule has 0 saturated heterocycles. The summed E-state index contributed by atoms with van der Waals surface area (Å²) in [5, 5.41) is 21.9. The SMILES string of the molecule is CCCCCCCCCN(CCCCCCCCC)C(CCC)CCC(=O)[O-].CCCCCCCCCN(CCCCCCCCC)C(CCC)CCC(=O)[O-].[Ca+2]. The minimum Gasteiger partial charge on any atom is -0.550 e. The number of carbonyl (C=O) groups is 2. The number of carboxylic acids is 2. The Morgan fingerprint density at radius 2 is 0.544 bits per heavy atom. The van der Waals surface area contributed by atoms with Crippen LogP contribution >= 0.6 is 0 Å². The van der Waals surface area contributed by atoms with E-state index in [1.807, 2.05) is 0 Å². The van der Waals surface area contributed by atoms with E-state index < -0.39 is 11.9 Å². The standard InChI is InChI=1S/2C25H51NO2.Ca/c2*1-4-7-9-11-13-15-17-22-26(23-18-16-14-12-10-8-5-2)24(19-6-3)20-21-25(27)28;/h2*24H,4-23H2,1-3H3,(H,27,28);/q;;+2/p-2. The smallest absolute Gasteiger partial charge is 0.550 e. The zero-order valence-electron chi connectivity index (χ0n) is 39.7. The summed E-state index contributed by atoms with van der Waals surface area (Å²) in [7, 11) is 0. The Morgan fingerprint density at radius 1 is 0.333 bits per heavy atom. The average molecular weight is 833 g/mol. The van der Waals surface area contributed by atoms with Gasteiger partial charge in [0.25, 0.3) is 0 Å². The minimum atomic E-state index is -0.895. The molecule has 7 heteroatoms. The third-order valence-electron chi connectivity index (χ3n) is 11.8. The second kappa shape index (κ2) is 50.5. The molecule has 0 fully saturated rings. The van der Waals surface area contributed by atoms with Gasteiger partial charge in [-0.05, 0) is 90.4 Å². The Balaban J connectivity index is -0.00000101. The zero-order valence-corrected chi connectivity index (χ0v) is 41.9. The predicted octanol–water partition coefficient (Wildman–Crippen LogP) is 12.6. The molecule has 2 atom stereocenters. The molecule has 336 valence electrons. The quantitative estimate of drug-likeness (QED) is 0.0449. The van der Waals surface area contributed by atoms with E-state index in [4.69, 9.17) is 0 Å². The van der Waals surface area contributed by atoms with Crippen molar-refractivity contribution in [3.63, 3.8) is 0 Å². The van der Waals surface area contributed by atoms with Crippen LogP contribution in [0.1, 0.15) is 273 Å². The van der Waals surface area contributed by atoms with E-state index in [-0.39, 0.29) is 50.6 Å². The van der Waals surface area contributed by atoms with Gasteiger partial charge in [0.05, 0.1) is 0 Å². The van der Waals surface area contributed by atoms with E-state index in [0.717, 1.165) is 64.7 Å². The van der Waals surface area contributed by atoms with Crippen molar-refractivity contribution in [2.45, 2.75) is 285 Å². The Kier molecular flexibility index (Phi) is 54.4. The first-order chi connectivity index (χ1) is 27.3. The van der Waals surface area contributed by atoms with Crippen LogP contribution in [-0.2, 0) is 9.59 Å². The Hall–Kier alpha value is 0.120. The van der Waals surface area contributed by atoms with Crippen LogP contribution in [0.2, 0.25) is 0 Å². The molecule has 0 aliphatic rings. The number of carboxylic acid groups (broad SMARTS) is 2. The summed E-state index contributed by atoms with van der Waals surface area (Å²) >= 11 is 0. The molecule has 57 heavy (non-hydrogen) atoms. The molecule has 0 aromatic heterocycles. The van der Waals surface area contributed by atoms with Crippen molar-refractivity contribution in [3.05, 3.63) is 0 Å². The van der Waals surface area contributed by atoms with Gasteiger partial charge in [-0.1, -0.05) is 208 Å². The molecule has 6 nitrogen and oxygen atoms in total. The maximum absolute atomic E-state index is 11.0. The Bertz CT molecular complexity index is 700. The number of aliphatic carboxylic acids is 2. The minimum absolute atomic E-state index is 0. The number of carbonyl (C=O) groups excluding carboxylic acids is 2. The normalized spacial score (nSPS) is 12.4. The number of rotatable bonds is 44. The van der Waals surface area contributed by atoms with Gasteiger partial charge < -0.3 is 29.6 Å². The molecule has 0 aliphatic heterocycles. The fourth-order valence-corrected chi connectivity index (χ4v) is 8.30. The van der Waals surface area contributed by atoms with Gasteiger partial charge >= 0.3 is 37.7 Å². The maximum atomic E-state index is 11.0. The molecule has 0 bridgehead atoms. The van der Waals surface area contributed by atoms with Gasteiger partial charge in [-0.3, -0.25) is 0 Å². The number of nitrogens with zero attached hydrogens (tertiary/aromatic N) is 2. The molecule has 0 aromatic carbocycles. The average Bonchev–Trinajstić information content (AvgIpc) is 3.18. The molecule has 0 spiro atoms. The molecule has 0 heterocycles. The van der Waals surface area contributed by atoms with Crippen molar-refractivity contribution in [1.82, 2.24) is 9.80 Å². The van der Waals surface area contributed by atoms with E-state index >= 15 is 0 Å². The van der Waals surface area contributed by atoms with Gasteiger partial charge in [0, 0.05) is 24.0 Å². The second-order valence-electron chi connectivity index (χ2n) is 17.3. The first-order valence-electron chi connectivity index (χ1n) is 25.2. The van der Waals surface area contributed by atoms with Gasteiger partial charge in [0.15, 0.2) is 0 Å². The molecular weight excluding hydrogens is 733 g/mol. The Labute approximate surface area is 387 Å². The van der Waals surface area contributed by atoms with E-state index in [2.05, 4.69) is 51.3 Å². The number of unbranched alkanes of at least 4 members (excludes halogenated alkanes) is 24. The van der Waals surface area contributed by atoms with Crippen molar-refractivity contribution in [3.8, 4) is 0 Å². The first kappa shape index (κ1) is 61.4. The Morgan fingerprint density at radius 3 is 0.737 bits per heavy atom. The van der Waals surface area contributed by atoms with E-state index in [9.17, 15) is 19.8 Å². The summed E-state index contributed by atoms with van der Waals surface area (Å²) in [5.74, 6) is -1.79. The van der Waals surface area contributed by atoms with E-state index in [1.165, 1.54) is 180 Å². The predicted molar refractivity (Wildman–Crippen MR) is 247 cm³/mol. The van der Waals surface area contributed by atoms with E-state index in [0.29, 0.717) is 12.1 Å². The van der Waals surface area contributed by atoms with Gasteiger partial charge in [-0.15, -0.1) is 0 Å². The van der Waals surface area contributed by atoms with Gasteiger partial charge in [0.1, 0.15) is 0 Å². The molecule has 0 amide bonds. The monoisotopic (exact) mass is 833 g/mol. The molecule has 0 saturated carbocycles. The summed E-state index contributed by atoms with van der Waals surface area (Å²) in [6, 6.07) is 0.839. The van der Waals surface area contributed by atoms with E-state index in [1.54, 1.807) is 0 Å². The first-order valence-corrected chi connectivity index (χ1v) is 25.2. The van der Waals surface area contributed by atoms with Gasteiger partial charge in [-0.25, -0.2) is 0 Å². The summed E-state index contributed by atoms with van der Waals surface area (Å²) in [5.41, 5.74) is 0. The van der Waals surface area contributed by atoms with Crippen LogP contribution in [0.15, 0.2) is 0 Å². The molecule has 0 aliphatic carbocycles. The molecule has 0 N–H and O–H groups in total. The summed E-state index contributed by atoms with van der Waals surface area (Å²) in [4.78, 5) is 27.2. The van der Waals surface area contributed by atoms with Crippen molar-refractivity contribution in [2.75, 3.05) is 26.2 Å². The van der Waals surface area contributed by atoms with Crippen LogP contribution in [0.25, 0.3) is 0 Å². The van der Waals surface area contributed by atoms with Crippen LogP contribution < -0.4 is 10.2 Å². The molecule has 0 aromatic rings. The largest absolute Gasteiger partial charge is 2.00 e. The molecule has 0 radical (unpaired) electrons. The van der Waals surface area contributed by atoms with Gasteiger partial charge in [0.2, 0.25) is 0 Å². The van der Waals surface area contributed by atoms with Crippen molar-refractivity contribution in [1.29, 1.82) is 0 Å². The van der Waals surface area contributed by atoms with Crippen molar-refractivity contribution in [2.24, 2.45) is 0 Å². The van der Waals surface area contributed by atoms with Crippen LogP contribution in [-0.4, -0.2) is 97.7 Å². The van der Waals surface area contributed by atoms with Crippen LogP contribution in [0.5, 0.6) is 0 Å². The molecular formula is C50H100CaN2O4. The summed E-state index contributed by atoms with van der Waals surface area (Å²) in [6.07, 6.45) is 43.8. The third kappa shape index (κ3) is 45.5. The number of hydrogen-bond donors (Lipinski definition) is 0. The maximum Gasteiger partial charge on any atom is 2.00 e.